The molecule has 6 heteroatoms. The summed E-state index contributed by atoms with van der Waals surface area (Å²) in [4.78, 5) is 10.1. The van der Waals surface area contributed by atoms with E-state index in [2.05, 4.69) is 5.32 Å². The number of benzene rings is 2. The number of carboxylic acid groups (broad SMARTS) is 1. The second-order valence-electron chi connectivity index (χ2n) is 6.01. The second kappa shape index (κ2) is 9.79. The molecule has 6 nitrogen and oxygen atoms in total. The van der Waals surface area contributed by atoms with Crippen molar-refractivity contribution in [3.8, 4) is 11.5 Å². The minimum Gasteiger partial charge on any atom is -0.497 e. The number of hydrogen-bond donors (Lipinski definition) is 3. The number of carboxylic acids is 1. The Kier molecular flexibility index (Phi) is 7.44. The quantitative estimate of drug-likeness (QED) is 0.761. The van der Waals surface area contributed by atoms with Crippen LogP contribution in [0.1, 0.15) is 30.0 Å². The predicted molar refractivity (Wildman–Crippen MR) is 101 cm³/mol. The van der Waals surface area contributed by atoms with E-state index in [9.17, 15) is 4.79 Å². The third-order valence-electron chi connectivity index (χ3n) is 4.31. The van der Waals surface area contributed by atoms with Crippen molar-refractivity contribution in [2.24, 2.45) is 5.73 Å². The Labute approximate surface area is 153 Å². The minimum absolute atomic E-state index is 0.137. The Balaban J connectivity index is 0.000000254. The summed E-state index contributed by atoms with van der Waals surface area (Å²) in [5, 5.41) is 11.2. The number of rotatable bonds is 5. The van der Waals surface area contributed by atoms with Crippen molar-refractivity contribution >= 4 is 5.97 Å². The largest absolute Gasteiger partial charge is 0.497 e. The molecule has 1 aliphatic rings. The highest BCUT2D eigenvalue weighted by Crippen LogP contribution is 2.23. The summed E-state index contributed by atoms with van der Waals surface area (Å²) in [7, 11) is 3.30. The van der Waals surface area contributed by atoms with E-state index in [4.69, 9.17) is 20.3 Å². The van der Waals surface area contributed by atoms with Crippen molar-refractivity contribution in [3.63, 3.8) is 0 Å². The Morgan fingerprint density at radius 1 is 1.04 bits per heavy atom. The van der Waals surface area contributed by atoms with Crippen molar-refractivity contribution in [1.29, 1.82) is 0 Å². The normalized spacial score (nSPS) is 15.9. The van der Waals surface area contributed by atoms with Gasteiger partial charge in [-0.15, -0.1) is 0 Å². The number of ether oxygens (including phenoxy) is 2. The average molecular weight is 358 g/mol. The van der Waals surface area contributed by atoms with Crippen molar-refractivity contribution in [2.75, 3.05) is 20.8 Å². The molecule has 4 N–H and O–H groups in total. The van der Waals surface area contributed by atoms with Crippen LogP contribution in [0.15, 0.2) is 48.5 Å². The van der Waals surface area contributed by atoms with Gasteiger partial charge in [0.2, 0.25) is 0 Å². The number of carbonyl (C=O) groups is 1. The third-order valence-corrected chi connectivity index (χ3v) is 4.31. The first-order valence-corrected chi connectivity index (χ1v) is 8.55. The molecule has 2 aromatic rings. The molecule has 0 amide bonds. The van der Waals surface area contributed by atoms with Gasteiger partial charge in [-0.05, 0) is 54.8 Å². The molecule has 0 saturated carbocycles. The van der Waals surface area contributed by atoms with Crippen molar-refractivity contribution in [1.82, 2.24) is 5.32 Å². The van der Waals surface area contributed by atoms with E-state index >= 15 is 0 Å². The maximum atomic E-state index is 10.1. The molecule has 0 aromatic heterocycles. The molecule has 1 fully saturated rings. The fraction of sp³-hybridized carbons (Fsp3) is 0.350. The van der Waals surface area contributed by atoms with E-state index in [1.807, 2.05) is 48.5 Å². The summed E-state index contributed by atoms with van der Waals surface area (Å²) in [5.41, 5.74) is 8.33. The van der Waals surface area contributed by atoms with Gasteiger partial charge in [0.25, 0.3) is 0 Å². The fourth-order valence-electron chi connectivity index (χ4n) is 2.71. The third kappa shape index (κ3) is 5.47. The highest BCUT2D eigenvalue weighted by molar-refractivity contribution is 5.73. The van der Waals surface area contributed by atoms with Gasteiger partial charge in [0.1, 0.15) is 17.5 Å². The van der Waals surface area contributed by atoms with Crippen LogP contribution in [-0.2, 0) is 4.79 Å². The first kappa shape index (κ1) is 19.8. The minimum atomic E-state index is -0.720. The summed E-state index contributed by atoms with van der Waals surface area (Å²) in [6, 6.07) is 15.2. The lowest BCUT2D eigenvalue weighted by atomic mass is 9.99. The standard InChI is InChI=1S/C15H17NO2.C5H9NO2/c1-17-13-7-3-11(4-8-13)15(16)12-5-9-14(18-2)10-6-12;7-5(8)4-2-1-3-6-4/h3-10,15H,16H2,1-2H3;4,6H,1-3H2,(H,7,8)/t;4-/m.0/s1. The van der Waals surface area contributed by atoms with Crippen molar-refractivity contribution in [3.05, 3.63) is 59.7 Å². The number of aliphatic carboxylic acids is 1. The summed E-state index contributed by atoms with van der Waals surface area (Å²) < 4.78 is 10.3. The maximum absolute atomic E-state index is 10.1. The van der Waals surface area contributed by atoms with E-state index in [1.54, 1.807) is 14.2 Å². The zero-order chi connectivity index (χ0) is 18.9. The predicted octanol–water partition coefficient (Wildman–Crippen LogP) is 2.57. The van der Waals surface area contributed by atoms with Crippen LogP contribution in [0, 0.1) is 0 Å². The Bertz CT molecular complexity index is 632. The molecule has 140 valence electrons. The molecule has 1 heterocycles. The summed E-state index contributed by atoms with van der Waals surface area (Å²) >= 11 is 0. The molecular formula is C20H26N2O4. The van der Waals surface area contributed by atoms with Crippen LogP contribution >= 0.6 is 0 Å². The van der Waals surface area contributed by atoms with Crippen LogP contribution in [0.2, 0.25) is 0 Å². The van der Waals surface area contributed by atoms with E-state index in [1.165, 1.54) is 0 Å². The maximum Gasteiger partial charge on any atom is 0.320 e. The molecule has 0 bridgehead atoms. The van der Waals surface area contributed by atoms with Crippen molar-refractivity contribution in [2.45, 2.75) is 24.9 Å². The van der Waals surface area contributed by atoms with Gasteiger partial charge in [0.15, 0.2) is 0 Å². The zero-order valence-corrected chi connectivity index (χ0v) is 15.1. The molecule has 26 heavy (non-hydrogen) atoms. The number of hydrogen-bond acceptors (Lipinski definition) is 5. The highest BCUT2D eigenvalue weighted by atomic mass is 16.5. The van der Waals surface area contributed by atoms with Gasteiger partial charge in [-0.2, -0.15) is 0 Å². The molecular weight excluding hydrogens is 332 g/mol. The molecule has 0 radical (unpaired) electrons. The lowest BCUT2D eigenvalue weighted by Gasteiger charge is -2.13. The lowest BCUT2D eigenvalue weighted by Crippen LogP contribution is -2.29. The van der Waals surface area contributed by atoms with E-state index in [0.29, 0.717) is 0 Å². The summed E-state index contributed by atoms with van der Waals surface area (Å²) in [6.07, 6.45) is 1.78. The average Bonchev–Trinajstić information content (AvgIpc) is 3.23. The van der Waals surface area contributed by atoms with Gasteiger partial charge in [0.05, 0.1) is 20.3 Å². The van der Waals surface area contributed by atoms with Crippen LogP contribution < -0.4 is 20.5 Å². The van der Waals surface area contributed by atoms with Crippen LogP contribution in [0.4, 0.5) is 0 Å². The van der Waals surface area contributed by atoms with Gasteiger partial charge in [0, 0.05) is 0 Å². The number of nitrogens with one attached hydrogen (secondary N) is 1. The van der Waals surface area contributed by atoms with Crippen LogP contribution in [-0.4, -0.2) is 37.9 Å². The molecule has 1 saturated heterocycles. The lowest BCUT2D eigenvalue weighted by molar-refractivity contribution is -0.139. The Hall–Kier alpha value is -2.57. The zero-order valence-electron chi connectivity index (χ0n) is 15.1. The first-order valence-electron chi connectivity index (χ1n) is 8.55. The van der Waals surface area contributed by atoms with Gasteiger partial charge in [-0.1, -0.05) is 24.3 Å². The second-order valence-corrected chi connectivity index (χ2v) is 6.01. The van der Waals surface area contributed by atoms with E-state index in [0.717, 1.165) is 42.0 Å². The van der Waals surface area contributed by atoms with Gasteiger partial charge < -0.3 is 25.6 Å². The van der Waals surface area contributed by atoms with Gasteiger partial charge in [-0.3, -0.25) is 4.79 Å². The SMILES string of the molecule is COc1ccc(C(N)c2ccc(OC)cc2)cc1.O=C(O)[C@@H]1CCCN1. The molecule has 0 unspecified atom stereocenters. The highest BCUT2D eigenvalue weighted by Gasteiger charge is 2.20. The first-order chi connectivity index (χ1) is 12.5. The Morgan fingerprint density at radius 3 is 1.77 bits per heavy atom. The molecule has 0 spiro atoms. The number of nitrogens with two attached hydrogens (primary N) is 1. The molecule has 3 rings (SSSR count). The number of methoxy groups -OCH3 is 2. The molecule has 1 atom stereocenters. The topological polar surface area (TPSA) is 93.8 Å². The van der Waals surface area contributed by atoms with Crippen molar-refractivity contribution < 1.29 is 19.4 Å². The van der Waals surface area contributed by atoms with Crippen LogP contribution in [0.5, 0.6) is 11.5 Å². The van der Waals surface area contributed by atoms with Gasteiger partial charge in [-0.25, -0.2) is 0 Å². The van der Waals surface area contributed by atoms with E-state index in [-0.39, 0.29) is 12.1 Å². The van der Waals surface area contributed by atoms with Crippen LogP contribution in [0.3, 0.4) is 0 Å². The molecule has 2 aromatic carbocycles. The van der Waals surface area contributed by atoms with Crippen LogP contribution in [0.25, 0.3) is 0 Å². The monoisotopic (exact) mass is 358 g/mol. The van der Waals surface area contributed by atoms with E-state index < -0.39 is 5.97 Å². The van der Waals surface area contributed by atoms with Gasteiger partial charge >= 0.3 is 5.97 Å². The fourth-order valence-corrected chi connectivity index (χ4v) is 2.71. The smallest absolute Gasteiger partial charge is 0.320 e. The molecule has 1 aliphatic heterocycles. The Morgan fingerprint density at radius 2 is 1.50 bits per heavy atom. The molecule has 0 aliphatic carbocycles. The summed E-state index contributed by atoms with van der Waals surface area (Å²) in [6.45, 7) is 0.858. The summed E-state index contributed by atoms with van der Waals surface area (Å²) in [5.74, 6) is 0.948.